The fourth-order valence-electron chi connectivity index (χ4n) is 1.71. The van der Waals surface area contributed by atoms with Crippen molar-refractivity contribution in [3.63, 3.8) is 0 Å². The Morgan fingerprint density at radius 1 is 1.39 bits per heavy atom. The number of hydrogen-bond acceptors (Lipinski definition) is 4. The van der Waals surface area contributed by atoms with Crippen molar-refractivity contribution < 1.29 is 4.92 Å². The normalized spacial score (nSPS) is 10.5. The number of nitro benzene ring substituents is 1. The molecule has 0 aliphatic carbocycles. The van der Waals surface area contributed by atoms with Gasteiger partial charge in [-0.3, -0.25) is 14.7 Å². The van der Waals surface area contributed by atoms with E-state index in [0.717, 1.165) is 0 Å². The summed E-state index contributed by atoms with van der Waals surface area (Å²) in [6, 6.07) is 4.56. The van der Waals surface area contributed by atoms with Crippen LogP contribution in [0.5, 0.6) is 0 Å². The third-order valence-electron chi connectivity index (χ3n) is 2.73. The van der Waals surface area contributed by atoms with Gasteiger partial charge >= 0.3 is 5.69 Å². The lowest BCUT2D eigenvalue weighted by Gasteiger charge is -2.06. The molecule has 0 aliphatic rings. The van der Waals surface area contributed by atoms with E-state index in [0.29, 0.717) is 5.56 Å². The van der Waals surface area contributed by atoms with Crippen LogP contribution in [0, 0.1) is 10.1 Å². The number of nitrogen functional groups attached to an aromatic ring is 1. The number of benzene rings is 1. The van der Waals surface area contributed by atoms with Crippen LogP contribution in [0.15, 0.2) is 35.4 Å². The van der Waals surface area contributed by atoms with Gasteiger partial charge in [-0.2, -0.15) is 0 Å². The van der Waals surface area contributed by atoms with E-state index in [4.69, 9.17) is 5.73 Å². The zero-order chi connectivity index (χ0) is 13.3. The molecule has 2 N–H and O–H groups in total. The van der Waals surface area contributed by atoms with Crippen molar-refractivity contribution in [1.82, 2.24) is 9.13 Å². The van der Waals surface area contributed by atoms with E-state index in [9.17, 15) is 14.9 Å². The molecule has 0 fully saturated rings. The van der Waals surface area contributed by atoms with E-state index in [1.165, 1.54) is 15.2 Å². The fraction of sp³-hybridized carbons (Fsp3) is 0.182. The van der Waals surface area contributed by atoms with Crippen LogP contribution in [0.4, 0.5) is 11.4 Å². The Bertz CT molecular complexity index is 657. The zero-order valence-corrected chi connectivity index (χ0v) is 9.74. The third kappa shape index (κ3) is 1.97. The number of aryl methyl sites for hydroxylation is 1. The van der Waals surface area contributed by atoms with Crippen LogP contribution < -0.4 is 11.4 Å². The second-order valence-corrected chi connectivity index (χ2v) is 3.93. The summed E-state index contributed by atoms with van der Waals surface area (Å²) in [6.45, 7) is 0.215. The number of hydrogen-bond donors (Lipinski definition) is 1. The summed E-state index contributed by atoms with van der Waals surface area (Å²) in [5, 5.41) is 10.8. The summed E-state index contributed by atoms with van der Waals surface area (Å²) < 4.78 is 2.86. The molecule has 0 saturated heterocycles. The molecule has 0 unspecified atom stereocenters. The summed E-state index contributed by atoms with van der Waals surface area (Å²) in [5.74, 6) is 0. The highest BCUT2D eigenvalue weighted by Crippen LogP contribution is 2.25. The largest absolute Gasteiger partial charge is 0.393 e. The Balaban J connectivity index is 2.41. The number of aromatic nitrogens is 2. The first-order valence-electron chi connectivity index (χ1n) is 5.24. The van der Waals surface area contributed by atoms with E-state index >= 15 is 0 Å². The average Bonchev–Trinajstić information content (AvgIpc) is 2.63. The maximum atomic E-state index is 11.7. The Morgan fingerprint density at radius 2 is 2.11 bits per heavy atom. The van der Waals surface area contributed by atoms with E-state index in [1.54, 1.807) is 31.6 Å². The van der Waals surface area contributed by atoms with Gasteiger partial charge in [0.2, 0.25) is 0 Å². The number of nitro groups is 1. The Morgan fingerprint density at radius 3 is 2.67 bits per heavy atom. The van der Waals surface area contributed by atoms with Crippen LogP contribution in [-0.4, -0.2) is 14.1 Å². The molecule has 7 nitrogen and oxygen atoms in total. The second kappa shape index (κ2) is 4.36. The van der Waals surface area contributed by atoms with Gasteiger partial charge in [0.25, 0.3) is 5.69 Å². The molecule has 0 atom stereocenters. The molecule has 0 aliphatic heterocycles. The van der Waals surface area contributed by atoms with Gasteiger partial charge < -0.3 is 10.3 Å². The SMILES string of the molecule is Cn1ccn(Cc2cccc([N+](=O)[O-])c2N)c1=O. The first-order valence-corrected chi connectivity index (χ1v) is 5.24. The highest BCUT2D eigenvalue weighted by molar-refractivity contribution is 5.62. The van der Waals surface area contributed by atoms with E-state index in [1.807, 2.05) is 0 Å². The fourth-order valence-corrected chi connectivity index (χ4v) is 1.71. The molecular formula is C11H12N4O3. The van der Waals surface area contributed by atoms with E-state index in [2.05, 4.69) is 0 Å². The lowest BCUT2D eigenvalue weighted by Crippen LogP contribution is -2.22. The summed E-state index contributed by atoms with van der Waals surface area (Å²) in [7, 11) is 1.63. The van der Waals surface area contributed by atoms with Crippen molar-refractivity contribution in [1.29, 1.82) is 0 Å². The highest BCUT2D eigenvalue weighted by atomic mass is 16.6. The number of para-hydroxylation sites is 1. The number of anilines is 1. The van der Waals surface area contributed by atoms with Gasteiger partial charge in [-0.1, -0.05) is 12.1 Å². The molecule has 18 heavy (non-hydrogen) atoms. The topological polar surface area (TPSA) is 96.1 Å². The maximum absolute atomic E-state index is 11.7. The zero-order valence-electron chi connectivity index (χ0n) is 9.74. The lowest BCUT2D eigenvalue weighted by molar-refractivity contribution is -0.383. The van der Waals surface area contributed by atoms with Crippen LogP contribution >= 0.6 is 0 Å². The molecule has 2 rings (SSSR count). The Labute approximate surface area is 102 Å². The molecule has 0 bridgehead atoms. The minimum absolute atomic E-state index is 0.0956. The third-order valence-corrected chi connectivity index (χ3v) is 2.73. The first-order chi connectivity index (χ1) is 8.50. The molecule has 7 heteroatoms. The van der Waals surface area contributed by atoms with Crippen molar-refractivity contribution >= 4 is 11.4 Å². The molecule has 1 heterocycles. The van der Waals surface area contributed by atoms with Gasteiger partial charge in [0.15, 0.2) is 0 Å². The summed E-state index contributed by atoms with van der Waals surface area (Å²) in [6.07, 6.45) is 3.23. The molecule has 0 radical (unpaired) electrons. The molecule has 0 saturated carbocycles. The predicted octanol–water partition coefficient (Wildman–Crippen LogP) is 0.725. The van der Waals surface area contributed by atoms with Gasteiger partial charge in [0.05, 0.1) is 11.5 Å². The van der Waals surface area contributed by atoms with Crippen molar-refractivity contribution in [3.8, 4) is 0 Å². The molecule has 2 aromatic rings. The Hall–Kier alpha value is -2.57. The molecule has 0 amide bonds. The van der Waals surface area contributed by atoms with Crippen molar-refractivity contribution in [2.75, 3.05) is 5.73 Å². The summed E-state index contributed by atoms with van der Waals surface area (Å²) in [4.78, 5) is 21.9. The van der Waals surface area contributed by atoms with Gasteiger partial charge in [0.1, 0.15) is 5.69 Å². The summed E-state index contributed by atoms with van der Waals surface area (Å²) in [5.41, 5.74) is 6.04. The van der Waals surface area contributed by atoms with Crippen LogP contribution in [0.2, 0.25) is 0 Å². The quantitative estimate of drug-likeness (QED) is 0.492. The summed E-state index contributed by atoms with van der Waals surface area (Å²) >= 11 is 0. The molecule has 94 valence electrons. The molecule has 1 aromatic carbocycles. The van der Waals surface area contributed by atoms with E-state index in [-0.39, 0.29) is 23.6 Å². The molecular weight excluding hydrogens is 236 g/mol. The minimum atomic E-state index is -0.535. The van der Waals surface area contributed by atoms with Gasteiger partial charge in [-0.25, -0.2) is 4.79 Å². The minimum Gasteiger partial charge on any atom is -0.393 e. The highest BCUT2D eigenvalue weighted by Gasteiger charge is 2.14. The van der Waals surface area contributed by atoms with Crippen LogP contribution in [0.25, 0.3) is 0 Å². The molecule has 1 aromatic heterocycles. The number of rotatable bonds is 3. The second-order valence-electron chi connectivity index (χ2n) is 3.93. The number of imidazole rings is 1. The molecule has 0 spiro atoms. The first kappa shape index (κ1) is 11.9. The van der Waals surface area contributed by atoms with Crippen molar-refractivity contribution in [3.05, 3.63) is 56.8 Å². The van der Waals surface area contributed by atoms with Crippen molar-refractivity contribution in [2.24, 2.45) is 7.05 Å². The van der Waals surface area contributed by atoms with Crippen molar-refractivity contribution in [2.45, 2.75) is 6.54 Å². The van der Waals surface area contributed by atoms with Gasteiger partial charge in [-0.15, -0.1) is 0 Å². The Kier molecular flexibility index (Phi) is 2.88. The van der Waals surface area contributed by atoms with Crippen LogP contribution in [0.3, 0.4) is 0 Å². The standard InChI is InChI=1S/C11H12N4O3/c1-13-5-6-14(11(13)16)7-8-3-2-4-9(10(8)12)15(17)18/h2-6H,7,12H2,1H3. The number of nitrogens with zero attached hydrogens (tertiary/aromatic N) is 3. The monoisotopic (exact) mass is 248 g/mol. The van der Waals surface area contributed by atoms with Crippen LogP contribution in [0.1, 0.15) is 5.56 Å². The maximum Gasteiger partial charge on any atom is 0.328 e. The predicted molar refractivity (Wildman–Crippen MR) is 66.3 cm³/mol. The number of nitrogens with two attached hydrogens (primary N) is 1. The van der Waals surface area contributed by atoms with Gasteiger partial charge in [-0.05, 0) is 0 Å². The lowest BCUT2D eigenvalue weighted by atomic mass is 10.1. The smallest absolute Gasteiger partial charge is 0.328 e. The van der Waals surface area contributed by atoms with E-state index < -0.39 is 4.92 Å². The van der Waals surface area contributed by atoms with Gasteiger partial charge in [0, 0.05) is 31.1 Å². The average molecular weight is 248 g/mol. The van der Waals surface area contributed by atoms with Crippen LogP contribution in [-0.2, 0) is 13.6 Å².